The van der Waals surface area contributed by atoms with Crippen LogP contribution in [0.25, 0.3) is 177 Å². The van der Waals surface area contributed by atoms with E-state index in [2.05, 4.69) is 470 Å². The molecule has 0 bridgehead atoms. The number of aryl methyl sites for hydroxylation is 12. The lowest BCUT2D eigenvalue weighted by Gasteiger charge is -2.23. The van der Waals surface area contributed by atoms with Crippen LogP contribution in [0, 0.1) is 83.1 Å². The van der Waals surface area contributed by atoms with Gasteiger partial charge in [0, 0.05) is 98.3 Å². The van der Waals surface area contributed by atoms with E-state index in [1.54, 1.807) is 0 Å². The van der Waals surface area contributed by atoms with Gasteiger partial charge < -0.3 is 19.1 Å². The maximum Gasteiger partial charge on any atom is 0.0626 e. The largest absolute Gasteiger partial charge is 0.355 e. The maximum atomic E-state index is 3.63. The molecule has 4 aromatic heterocycles. The summed E-state index contributed by atoms with van der Waals surface area (Å²) in [5, 5.41) is 10.2. The lowest BCUT2D eigenvalue weighted by Crippen LogP contribution is -2.15. The van der Waals surface area contributed by atoms with Gasteiger partial charge in [-0.2, -0.15) is 0 Å². The Kier molecular flexibility index (Phi) is 17.7. The molecule has 0 saturated heterocycles. The molecule has 0 saturated carbocycles. The highest BCUT2D eigenvalue weighted by Gasteiger charge is 2.46. The maximum absolute atomic E-state index is 3.63. The van der Waals surface area contributed by atoms with Crippen LogP contribution in [0.2, 0.25) is 0 Å². The zero-order chi connectivity index (χ0) is 96.1. The van der Waals surface area contributed by atoms with E-state index in [9.17, 15) is 0 Å². The highest BCUT2D eigenvalue weighted by molar-refractivity contribution is 6.39. The predicted molar refractivity (Wildman–Crippen MR) is 602 cm³/mol. The highest BCUT2D eigenvalue weighted by atomic mass is 15.0. The zero-order valence-corrected chi connectivity index (χ0v) is 83.2. The van der Waals surface area contributed by atoms with Crippen LogP contribution in [0.15, 0.2) is 340 Å². The van der Waals surface area contributed by atoms with Gasteiger partial charge in [0.2, 0.25) is 0 Å². The number of H-pyrrole nitrogens is 2. The van der Waals surface area contributed by atoms with E-state index in [0.717, 1.165) is 0 Å². The van der Waals surface area contributed by atoms with Crippen molar-refractivity contribution >= 4 is 154 Å². The van der Waals surface area contributed by atoms with Gasteiger partial charge in [0.25, 0.3) is 0 Å². The molecule has 18 aromatic carbocycles. The average Bonchev–Trinajstić information content (AvgIpc) is 1.53. The molecule has 2 N–H and O–H groups in total. The van der Waals surface area contributed by atoms with Gasteiger partial charge in [0.1, 0.15) is 0 Å². The van der Waals surface area contributed by atoms with Gasteiger partial charge in [-0.1, -0.05) is 282 Å². The predicted octanol–water partition coefficient (Wildman–Crippen LogP) is 35.5. The lowest BCUT2D eigenvalue weighted by atomic mass is 9.80. The van der Waals surface area contributed by atoms with Crippen molar-refractivity contribution in [2.75, 3.05) is 0 Å². The lowest BCUT2D eigenvalue weighted by molar-refractivity contribution is 0.660. The van der Waals surface area contributed by atoms with Crippen molar-refractivity contribution in [1.29, 1.82) is 0 Å². The van der Waals surface area contributed by atoms with Crippen molar-refractivity contribution in [1.82, 2.24) is 19.1 Å². The van der Waals surface area contributed by atoms with Gasteiger partial charge in [-0.15, -0.1) is 0 Å². The Bertz CT molecular complexity index is 9170. The number of allylic oxidation sites excluding steroid dienone is 6. The van der Waals surface area contributed by atoms with Crippen LogP contribution >= 0.6 is 0 Å². The molecule has 0 unspecified atom stereocenters. The number of rotatable bonds is 6. The monoisotopic (exact) mass is 1820 g/mol. The van der Waals surface area contributed by atoms with Gasteiger partial charge in [-0.25, -0.2) is 0 Å². The Balaban J connectivity index is 0.000000104. The summed E-state index contributed by atoms with van der Waals surface area (Å²) < 4.78 is 5.10. The summed E-state index contributed by atoms with van der Waals surface area (Å²) in [7, 11) is 0. The topological polar surface area (TPSA) is 41.4 Å². The Morgan fingerprint density at radius 3 is 0.683 bits per heavy atom. The summed E-state index contributed by atoms with van der Waals surface area (Å²) in [5.41, 5.74) is 74.1. The first-order valence-electron chi connectivity index (χ1n) is 50.6. The Morgan fingerprint density at radius 2 is 0.380 bits per heavy atom. The number of para-hydroxylation sites is 6. The van der Waals surface area contributed by atoms with Gasteiger partial charge >= 0.3 is 0 Å². The van der Waals surface area contributed by atoms with Crippen LogP contribution in [0.3, 0.4) is 0 Å². The number of aromatic amines is 2. The minimum atomic E-state index is -0.0578. The molecule has 22 aromatic rings. The first-order valence-corrected chi connectivity index (χ1v) is 50.6. The van der Waals surface area contributed by atoms with Crippen LogP contribution < -0.4 is 0 Å². The molecule has 4 heterocycles. The summed E-state index contributed by atoms with van der Waals surface area (Å²) in [4.78, 5) is 7.27. The zero-order valence-electron chi connectivity index (χ0n) is 83.2. The summed E-state index contributed by atoms with van der Waals surface area (Å²) in [6.07, 6.45) is 0. The molecule has 0 spiro atoms. The van der Waals surface area contributed by atoms with E-state index in [1.807, 2.05) is 0 Å². The molecule has 0 aliphatic heterocycles. The van der Waals surface area contributed by atoms with Gasteiger partial charge in [-0.3, -0.25) is 0 Å². The number of hydrogen-bond acceptors (Lipinski definition) is 0. The number of fused-ring (bicyclic) bond motifs is 33. The standard InChI is InChI=1S/C50H42.2C44H32N2/c1-27-21-37-39(23-29(27)3)47-46(32-18-20-36-34-14-10-12-16-42(34)50(7,8)44(36)26-32)38-22-28(2)30(4)24-40(38)48(47)45(37)31-17-19-35-33-13-9-11-15-41(33)49(5,6)43(35)25-31;1-25-21-33-35(23-27(25)3)43(45-37-17-9-5-13-29(37)30-14-6-10-18-38(30)45)42-34-22-26(2)28(4)24-36(34)44(41(33)42)46-39-19-11-7-15-31(39)32-16-8-12-20-40(32)46;1-23-17-33-35(19-25(23)3)43-42(28-14-16-40-32(22-28)30-10-6-8-12-38(30)46-40)34-18-24(2)26(4)20-36(34)44(43)41(33)27-13-15-39-31(21-27)29-9-5-7-11-37(29)45-39/h9-26H,1-8H3;5-24H,1-4H3;5-22,45-46H,1-4H3. The third-order valence-corrected chi connectivity index (χ3v) is 34.2. The van der Waals surface area contributed by atoms with Crippen LogP contribution in [-0.2, 0) is 10.8 Å². The molecule has 0 fully saturated rings. The van der Waals surface area contributed by atoms with E-state index in [-0.39, 0.29) is 10.8 Å². The highest BCUT2D eigenvalue weighted by Crippen LogP contribution is 2.65. The van der Waals surface area contributed by atoms with Gasteiger partial charge in [0.05, 0.1) is 33.5 Å². The molecule has 0 atom stereocenters. The second-order valence-electron chi connectivity index (χ2n) is 42.8. The fourth-order valence-electron chi connectivity index (χ4n) is 26.2. The summed E-state index contributed by atoms with van der Waals surface area (Å²) in [6, 6.07) is 129. The van der Waals surface area contributed by atoms with Crippen LogP contribution in [0.5, 0.6) is 0 Å². The minimum absolute atomic E-state index is 0.0578. The van der Waals surface area contributed by atoms with E-state index in [0.29, 0.717) is 0 Å². The van der Waals surface area contributed by atoms with Gasteiger partial charge in [0.15, 0.2) is 0 Å². The van der Waals surface area contributed by atoms with Crippen molar-refractivity contribution in [3.8, 4) is 22.3 Å². The third kappa shape index (κ3) is 11.6. The van der Waals surface area contributed by atoms with E-state index >= 15 is 0 Å². The fourth-order valence-corrected chi connectivity index (χ4v) is 26.2. The number of benzene rings is 18. The number of aromatic nitrogens is 4. The average molecular weight is 1820 g/mol. The van der Waals surface area contributed by atoms with E-state index in [4.69, 9.17) is 0 Å². The van der Waals surface area contributed by atoms with Crippen molar-refractivity contribution < 1.29 is 0 Å². The molecule has 142 heavy (non-hydrogen) atoms. The van der Waals surface area contributed by atoms with E-state index in [1.165, 1.54) is 355 Å². The van der Waals surface area contributed by atoms with Gasteiger partial charge in [-0.05, 0) is 402 Å². The van der Waals surface area contributed by atoms with Crippen LogP contribution in [-0.4, -0.2) is 19.1 Å². The second-order valence-corrected chi connectivity index (χ2v) is 42.8. The van der Waals surface area contributed by atoms with Crippen LogP contribution in [0.4, 0.5) is 0 Å². The second kappa shape index (κ2) is 30.1. The Hall–Kier alpha value is -16.4. The molecule has 8 aliphatic carbocycles. The molecule has 0 amide bonds. The number of nitrogens with zero attached hydrogens (tertiary/aromatic N) is 2. The normalized spacial score (nSPS) is 14.8. The first-order chi connectivity index (χ1) is 68.9. The quantitative estimate of drug-likeness (QED) is 0.167. The third-order valence-electron chi connectivity index (χ3n) is 34.2. The fraction of sp³-hybridized carbons (Fsp3) is 0.130. The minimum Gasteiger partial charge on any atom is -0.355 e. The molecule has 4 heteroatoms. The van der Waals surface area contributed by atoms with Crippen molar-refractivity contribution in [3.05, 3.63) is 518 Å². The molecular weight excluding hydrogens is 1710 g/mol. The van der Waals surface area contributed by atoms with Crippen LogP contribution in [0.1, 0.15) is 206 Å². The number of nitrogens with one attached hydrogen (secondary N) is 2. The van der Waals surface area contributed by atoms with E-state index < -0.39 is 0 Å². The smallest absolute Gasteiger partial charge is 0.0626 e. The summed E-state index contributed by atoms with van der Waals surface area (Å²) in [5.74, 6) is 0. The molecule has 8 aliphatic rings. The summed E-state index contributed by atoms with van der Waals surface area (Å²) >= 11 is 0. The summed E-state index contributed by atoms with van der Waals surface area (Å²) in [6.45, 7) is 36.7. The van der Waals surface area contributed by atoms with Crippen molar-refractivity contribution in [3.63, 3.8) is 0 Å². The Labute approximate surface area is 829 Å². The molecular formula is C138H106N4. The molecule has 30 rings (SSSR count). The van der Waals surface area contributed by atoms with Crippen molar-refractivity contribution in [2.45, 2.75) is 122 Å². The van der Waals surface area contributed by atoms with Crippen molar-refractivity contribution in [2.24, 2.45) is 0 Å². The first kappa shape index (κ1) is 83.7. The molecule has 0 radical (unpaired) electrons. The number of hydrogen-bond donors (Lipinski definition) is 2. The Morgan fingerprint density at radius 1 is 0.162 bits per heavy atom. The SMILES string of the molecule is Cc1cc2c(cc1C)C(c1ccc3[nH]c4ccccc4c3c1)=C1C2=C(c2ccc3[nH]c4ccccc4c3c2)c2cc(C)c(C)cc21.Cc1cc2c(cc1C)C(c1ccc3c(c1)C(C)(C)c1ccccc1-3)=C1C2=C(c2ccc3c(c2)C(C)(C)c2ccccc2-3)c2cc(C)c(C)cc21.Cc1cc2c(cc1C)C(n1c3ccccc3c3ccccc31)=C1C2=C(n2c3ccccc3c3ccccc32)c2cc(C)c(C)cc21. The molecule has 4 nitrogen and oxygen atoms in total. The molecule has 678 valence electrons.